The van der Waals surface area contributed by atoms with Gasteiger partial charge in [0.15, 0.2) is 0 Å². The molecule has 0 atom stereocenters. The first-order valence-electron chi connectivity index (χ1n) is 6.67. The Morgan fingerprint density at radius 1 is 1.05 bits per heavy atom. The highest BCUT2D eigenvalue weighted by molar-refractivity contribution is 5.69. The Morgan fingerprint density at radius 3 is 2.35 bits per heavy atom. The van der Waals surface area contributed by atoms with E-state index in [9.17, 15) is 0 Å². The molecular formula is C16H21N3O. The summed E-state index contributed by atoms with van der Waals surface area (Å²) in [5.41, 5.74) is 12.1. The lowest BCUT2D eigenvalue weighted by atomic mass is 9.96. The second-order valence-corrected chi connectivity index (χ2v) is 5.04. The number of hydrogen-bond donors (Lipinski definition) is 1. The summed E-state index contributed by atoms with van der Waals surface area (Å²) >= 11 is 0. The van der Waals surface area contributed by atoms with Crippen LogP contribution < -0.4 is 10.5 Å². The van der Waals surface area contributed by atoms with Crippen molar-refractivity contribution in [2.24, 2.45) is 5.73 Å². The van der Waals surface area contributed by atoms with Gasteiger partial charge in [0.25, 0.3) is 0 Å². The van der Waals surface area contributed by atoms with Crippen LogP contribution in [0.5, 0.6) is 5.75 Å². The summed E-state index contributed by atoms with van der Waals surface area (Å²) in [5, 5.41) is 0. The van der Waals surface area contributed by atoms with E-state index in [-0.39, 0.29) is 0 Å². The summed E-state index contributed by atoms with van der Waals surface area (Å²) < 4.78 is 5.46. The minimum absolute atomic E-state index is 0.349. The van der Waals surface area contributed by atoms with Gasteiger partial charge >= 0.3 is 0 Å². The van der Waals surface area contributed by atoms with E-state index in [2.05, 4.69) is 29.9 Å². The molecule has 0 saturated heterocycles. The molecule has 1 aromatic heterocycles. The Bertz CT molecular complexity index is 651. The van der Waals surface area contributed by atoms with Gasteiger partial charge in [-0.3, -0.25) is 0 Å². The zero-order valence-corrected chi connectivity index (χ0v) is 12.7. The summed E-state index contributed by atoms with van der Waals surface area (Å²) in [5.74, 6) is 1.61. The van der Waals surface area contributed by atoms with Crippen LogP contribution in [0.15, 0.2) is 12.1 Å². The molecule has 0 bridgehead atoms. The fraction of sp³-hybridized carbons (Fsp3) is 0.375. The van der Waals surface area contributed by atoms with Crippen LogP contribution in [0.3, 0.4) is 0 Å². The van der Waals surface area contributed by atoms with Gasteiger partial charge in [-0.2, -0.15) is 0 Å². The van der Waals surface area contributed by atoms with Gasteiger partial charge in [-0.25, -0.2) is 9.97 Å². The molecule has 2 aromatic rings. The lowest BCUT2D eigenvalue weighted by molar-refractivity contribution is 0.408. The van der Waals surface area contributed by atoms with E-state index < -0.39 is 0 Å². The Hall–Kier alpha value is -1.94. The smallest absolute Gasteiger partial charge is 0.142 e. The summed E-state index contributed by atoms with van der Waals surface area (Å²) in [6, 6.07) is 4.11. The lowest BCUT2D eigenvalue weighted by Gasteiger charge is -2.16. The van der Waals surface area contributed by atoms with Crippen molar-refractivity contribution < 1.29 is 4.74 Å². The maximum atomic E-state index is 5.66. The maximum absolute atomic E-state index is 5.66. The molecule has 1 aromatic carbocycles. The monoisotopic (exact) mass is 271 g/mol. The van der Waals surface area contributed by atoms with Crippen LogP contribution >= 0.6 is 0 Å². The van der Waals surface area contributed by atoms with Crippen LogP contribution in [0, 0.1) is 27.7 Å². The molecule has 0 unspecified atom stereocenters. The summed E-state index contributed by atoms with van der Waals surface area (Å²) in [6.45, 7) is 8.52. The highest BCUT2D eigenvalue weighted by Gasteiger charge is 2.13. The molecular weight excluding hydrogens is 250 g/mol. The predicted molar refractivity (Wildman–Crippen MR) is 80.9 cm³/mol. The summed E-state index contributed by atoms with van der Waals surface area (Å²) in [4.78, 5) is 8.87. The van der Waals surface area contributed by atoms with Crippen LogP contribution in [-0.4, -0.2) is 17.1 Å². The Kier molecular flexibility index (Phi) is 4.04. The van der Waals surface area contributed by atoms with Gasteiger partial charge < -0.3 is 10.5 Å². The van der Waals surface area contributed by atoms with Crippen molar-refractivity contribution in [2.45, 2.75) is 34.2 Å². The molecule has 4 heteroatoms. The van der Waals surface area contributed by atoms with E-state index in [1.165, 1.54) is 5.56 Å². The first kappa shape index (κ1) is 14.5. The van der Waals surface area contributed by atoms with E-state index in [4.69, 9.17) is 10.5 Å². The third kappa shape index (κ3) is 2.51. The molecule has 106 valence electrons. The zero-order valence-electron chi connectivity index (χ0n) is 12.7. The topological polar surface area (TPSA) is 61.0 Å². The second-order valence-electron chi connectivity index (χ2n) is 5.04. The molecule has 2 rings (SSSR count). The fourth-order valence-corrected chi connectivity index (χ4v) is 2.50. The number of ether oxygens (including phenoxy) is 1. The van der Waals surface area contributed by atoms with Gasteiger partial charge in [-0.05, 0) is 56.5 Å². The van der Waals surface area contributed by atoms with Crippen molar-refractivity contribution in [3.63, 3.8) is 0 Å². The van der Waals surface area contributed by atoms with E-state index >= 15 is 0 Å². The lowest BCUT2D eigenvalue weighted by Crippen LogP contribution is -2.06. The summed E-state index contributed by atoms with van der Waals surface area (Å²) in [6.07, 6.45) is 0. The van der Waals surface area contributed by atoms with Gasteiger partial charge in [0.05, 0.1) is 19.3 Å². The van der Waals surface area contributed by atoms with Crippen LogP contribution in [0.25, 0.3) is 11.3 Å². The molecule has 1 heterocycles. The average Bonchev–Trinajstić information content (AvgIpc) is 2.42. The van der Waals surface area contributed by atoms with Crippen molar-refractivity contribution in [3.05, 3.63) is 40.3 Å². The predicted octanol–water partition coefficient (Wildman–Crippen LogP) is 2.84. The van der Waals surface area contributed by atoms with Gasteiger partial charge in [-0.1, -0.05) is 0 Å². The number of nitrogens with zero attached hydrogens (tertiary/aromatic N) is 2. The molecule has 0 aliphatic heterocycles. The third-order valence-corrected chi connectivity index (χ3v) is 3.59. The normalized spacial score (nSPS) is 10.7. The number of rotatable bonds is 3. The molecule has 2 N–H and O–H groups in total. The second kappa shape index (κ2) is 5.59. The average molecular weight is 271 g/mol. The number of benzene rings is 1. The van der Waals surface area contributed by atoms with Crippen molar-refractivity contribution in [1.82, 2.24) is 9.97 Å². The van der Waals surface area contributed by atoms with Crippen LogP contribution in [0.1, 0.15) is 28.2 Å². The maximum Gasteiger partial charge on any atom is 0.142 e. The first-order valence-corrected chi connectivity index (χ1v) is 6.67. The number of methoxy groups -OCH3 is 1. The van der Waals surface area contributed by atoms with Gasteiger partial charge in [0, 0.05) is 11.3 Å². The number of aryl methyl sites for hydroxylation is 2. The first-order chi connectivity index (χ1) is 9.47. The van der Waals surface area contributed by atoms with Gasteiger partial charge in [-0.15, -0.1) is 0 Å². The molecule has 0 aliphatic carbocycles. The van der Waals surface area contributed by atoms with Gasteiger partial charge in [0.1, 0.15) is 11.6 Å². The molecule has 0 amide bonds. The molecule has 4 nitrogen and oxygen atoms in total. The zero-order chi connectivity index (χ0) is 14.9. The standard InChI is InChI=1S/C16H21N3O/c1-9-6-13(11(3)12(4)16(9)20-5)14-7-10(2)18-15(8-17)19-14/h6-7H,8,17H2,1-5H3. The number of hydrogen-bond acceptors (Lipinski definition) is 4. The third-order valence-electron chi connectivity index (χ3n) is 3.59. The van der Waals surface area contributed by atoms with Crippen LogP contribution in [-0.2, 0) is 6.54 Å². The summed E-state index contributed by atoms with van der Waals surface area (Å²) in [7, 11) is 1.70. The van der Waals surface area contributed by atoms with Crippen molar-refractivity contribution in [3.8, 4) is 17.0 Å². The van der Waals surface area contributed by atoms with E-state index in [1.807, 2.05) is 19.9 Å². The number of aromatic nitrogens is 2. The van der Waals surface area contributed by atoms with E-state index in [0.29, 0.717) is 12.4 Å². The SMILES string of the molecule is COc1c(C)cc(-c2cc(C)nc(CN)n2)c(C)c1C. The number of nitrogens with two attached hydrogens (primary N) is 1. The molecule has 0 fully saturated rings. The van der Waals surface area contributed by atoms with E-state index in [0.717, 1.165) is 33.8 Å². The largest absolute Gasteiger partial charge is 0.496 e. The minimum atomic E-state index is 0.349. The highest BCUT2D eigenvalue weighted by atomic mass is 16.5. The Balaban J connectivity index is 2.67. The van der Waals surface area contributed by atoms with Crippen LogP contribution in [0.4, 0.5) is 0 Å². The molecule has 0 aliphatic rings. The molecule has 0 radical (unpaired) electrons. The quantitative estimate of drug-likeness (QED) is 0.932. The molecule has 0 spiro atoms. The minimum Gasteiger partial charge on any atom is -0.496 e. The molecule has 20 heavy (non-hydrogen) atoms. The Morgan fingerprint density at radius 2 is 1.75 bits per heavy atom. The van der Waals surface area contributed by atoms with Crippen molar-refractivity contribution >= 4 is 0 Å². The van der Waals surface area contributed by atoms with Crippen molar-refractivity contribution in [1.29, 1.82) is 0 Å². The van der Waals surface area contributed by atoms with Crippen LogP contribution in [0.2, 0.25) is 0 Å². The Labute approximate surface area is 120 Å². The fourth-order valence-electron chi connectivity index (χ4n) is 2.50. The van der Waals surface area contributed by atoms with E-state index in [1.54, 1.807) is 7.11 Å². The van der Waals surface area contributed by atoms with Crippen molar-refractivity contribution in [2.75, 3.05) is 7.11 Å². The van der Waals surface area contributed by atoms with Gasteiger partial charge in [0.2, 0.25) is 0 Å². The highest BCUT2D eigenvalue weighted by Crippen LogP contribution is 2.33. The molecule has 0 saturated carbocycles.